The van der Waals surface area contributed by atoms with Crippen LogP contribution in [0.4, 0.5) is 8.78 Å². The maximum absolute atomic E-state index is 13.0. The number of halogens is 2. The van der Waals surface area contributed by atoms with Gasteiger partial charge in [-0.2, -0.15) is 0 Å². The molecule has 1 saturated heterocycles. The molecule has 16 heavy (non-hydrogen) atoms. The van der Waals surface area contributed by atoms with Gasteiger partial charge in [0.1, 0.15) is 0 Å². The molecule has 1 aromatic rings. The van der Waals surface area contributed by atoms with Crippen molar-refractivity contribution in [3.8, 4) is 0 Å². The van der Waals surface area contributed by atoms with Gasteiger partial charge in [-0.25, -0.2) is 8.78 Å². The number of aryl methyl sites for hydroxylation is 1. The molecule has 0 unspecified atom stereocenters. The Morgan fingerprint density at radius 3 is 2.56 bits per heavy atom. The number of piperidine rings is 1. The molecular weight excluding hydrogens is 208 g/mol. The van der Waals surface area contributed by atoms with Crippen LogP contribution in [-0.2, 0) is 6.54 Å². The number of hydrogen-bond acceptors (Lipinski definition) is 1. The van der Waals surface area contributed by atoms with E-state index in [9.17, 15) is 8.78 Å². The van der Waals surface area contributed by atoms with E-state index in [4.69, 9.17) is 0 Å². The zero-order valence-electron chi connectivity index (χ0n) is 9.55. The number of hydrogen-bond donors (Lipinski definition) is 0. The van der Waals surface area contributed by atoms with Crippen molar-refractivity contribution in [2.45, 2.75) is 32.2 Å². The molecule has 88 valence electrons. The molecule has 1 nitrogen and oxygen atoms in total. The summed E-state index contributed by atoms with van der Waals surface area (Å²) in [5.41, 5.74) is 2.44. The van der Waals surface area contributed by atoms with Gasteiger partial charge in [0.15, 0.2) is 0 Å². The van der Waals surface area contributed by atoms with Crippen LogP contribution >= 0.6 is 0 Å². The van der Waals surface area contributed by atoms with E-state index in [-0.39, 0.29) is 12.8 Å². The summed E-state index contributed by atoms with van der Waals surface area (Å²) in [6, 6.07) is 8.24. The zero-order chi connectivity index (χ0) is 11.6. The summed E-state index contributed by atoms with van der Waals surface area (Å²) < 4.78 is 25.9. The minimum Gasteiger partial charge on any atom is -0.299 e. The Balaban J connectivity index is 1.92. The Morgan fingerprint density at radius 1 is 1.25 bits per heavy atom. The van der Waals surface area contributed by atoms with Gasteiger partial charge in [0.05, 0.1) is 0 Å². The number of nitrogens with zero attached hydrogens (tertiary/aromatic N) is 1. The predicted molar refractivity (Wildman–Crippen MR) is 60.6 cm³/mol. The average molecular weight is 225 g/mol. The van der Waals surface area contributed by atoms with Crippen molar-refractivity contribution in [1.29, 1.82) is 0 Å². The van der Waals surface area contributed by atoms with Gasteiger partial charge in [-0.1, -0.05) is 29.8 Å². The molecular formula is C13H17F2N. The van der Waals surface area contributed by atoms with Gasteiger partial charge in [0.2, 0.25) is 0 Å². The van der Waals surface area contributed by atoms with Crippen LogP contribution in [0.15, 0.2) is 24.3 Å². The molecule has 1 heterocycles. The SMILES string of the molecule is Cc1cccc(CN2CCC(F)(F)CC2)c1. The molecule has 2 rings (SSSR count). The standard InChI is InChI=1S/C13H17F2N/c1-11-3-2-4-12(9-11)10-16-7-5-13(14,15)6-8-16/h2-4,9H,5-8,10H2,1H3. The maximum Gasteiger partial charge on any atom is 0.250 e. The average Bonchev–Trinajstić information content (AvgIpc) is 2.21. The van der Waals surface area contributed by atoms with Gasteiger partial charge in [-0.3, -0.25) is 4.90 Å². The quantitative estimate of drug-likeness (QED) is 0.747. The van der Waals surface area contributed by atoms with Crippen LogP contribution in [0, 0.1) is 6.92 Å². The molecule has 0 bridgehead atoms. The maximum atomic E-state index is 13.0. The third-order valence-corrected chi connectivity index (χ3v) is 3.08. The second-order valence-electron chi connectivity index (χ2n) is 4.62. The lowest BCUT2D eigenvalue weighted by Crippen LogP contribution is -2.38. The molecule has 1 aromatic carbocycles. The van der Waals surface area contributed by atoms with Crippen LogP contribution in [-0.4, -0.2) is 23.9 Å². The van der Waals surface area contributed by atoms with Crippen LogP contribution < -0.4 is 0 Å². The molecule has 1 aliphatic rings. The lowest BCUT2D eigenvalue weighted by atomic mass is 10.1. The van der Waals surface area contributed by atoms with Crippen LogP contribution in [0.25, 0.3) is 0 Å². The van der Waals surface area contributed by atoms with E-state index in [1.165, 1.54) is 11.1 Å². The first-order valence-electron chi connectivity index (χ1n) is 5.71. The second kappa shape index (κ2) is 4.50. The predicted octanol–water partition coefficient (Wildman–Crippen LogP) is 3.23. The fourth-order valence-electron chi connectivity index (χ4n) is 2.11. The van der Waals surface area contributed by atoms with Crippen LogP contribution in [0.5, 0.6) is 0 Å². The van der Waals surface area contributed by atoms with E-state index in [1.807, 2.05) is 19.1 Å². The molecule has 0 saturated carbocycles. The summed E-state index contributed by atoms with van der Waals surface area (Å²) in [4.78, 5) is 2.10. The molecule has 1 fully saturated rings. The Morgan fingerprint density at radius 2 is 1.94 bits per heavy atom. The molecule has 0 aromatic heterocycles. The molecule has 0 aliphatic carbocycles. The summed E-state index contributed by atoms with van der Waals surface area (Å²) in [5, 5.41) is 0. The van der Waals surface area contributed by atoms with E-state index >= 15 is 0 Å². The Labute approximate surface area is 95.1 Å². The highest BCUT2D eigenvalue weighted by Gasteiger charge is 2.33. The van der Waals surface area contributed by atoms with E-state index in [0.29, 0.717) is 13.1 Å². The van der Waals surface area contributed by atoms with Gasteiger partial charge in [-0.05, 0) is 12.5 Å². The van der Waals surface area contributed by atoms with Crippen LogP contribution in [0.1, 0.15) is 24.0 Å². The first kappa shape index (κ1) is 11.5. The first-order chi connectivity index (χ1) is 7.55. The van der Waals surface area contributed by atoms with Crippen molar-refractivity contribution in [2.75, 3.05) is 13.1 Å². The number of likely N-dealkylation sites (tertiary alicyclic amines) is 1. The summed E-state index contributed by atoms with van der Waals surface area (Å²) in [5.74, 6) is -2.44. The fourth-order valence-corrected chi connectivity index (χ4v) is 2.11. The Hall–Kier alpha value is -0.960. The third kappa shape index (κ3) is 3.01. The topological polar surface area (TPSA) is 3.24 Å². The number of alkyl halides is 2. The van der Waals surface area contributed by atoms with Gasteiger partial charge < -0.3 is 0 Å². The molecule has 0 atom stereocenters. The van der Waals surface area contributed by atoms with Crippen molar-refractivity contribution in [3.63, 3.8) is 0 Å². The highest BCUT2D eigenvalue weighted by Crippen LogP contribution is 2.28. The largest absolute Gasteiger partial charge is 0.299 e. The molecule has 0 N–H and O–H groups in total. The highest BCUT2D eigenvalue weighted by atomic mass is 19.3. The van der Waals surface area contributed by atoms with E-state index in [0.717, 1.165) is 6.54 Å². The Bertz CT molecular complexity index is 353. The van der Waals surface area contributed by atoms with Gasteiger partial charge >= 0.3 is 0 Å². The molecule has 0 radical (unpaired) electrons. The minimum absolute atomic E-state index is 0.00117. The molecule has 0 spiro atoms. The van der Waals surface area contributed by atoms with Gasteiger partial charge in [0, 0.05) is 32.5 Å². The van der Waals surface area contributed by atoms with Crippen molar-refractivity contribution < 1.29 is 8.78 Å². The number of benzene rings is 1. The minimum atomic E-state index is -2.44. The van der Waals surface area contributed by atoms with Gasteiger partial charge in [0.25, 0.3) is 5.92 Å². The molecule has 1 aliphatic heterocycles. The lowest BCUT2D eigenvalue weighted by Gasteiger charge is -2.31. The van der Waals surface area contributed by atoms with E-state index < -0.39 is 5.92 Å². The second-order valence-corrected chi connectivity index (χ2v) is 4.62. The summed E-state index contributed by atoms with van der Waals surface area (Å²) in [6.07, 6.45) is -0.00235. The fraction of sp³-hybridized carbons (Fsp3) is 0.538. The van der Waals surface area contributed by atoms with Crippen molar-refractivity contribution in [3.05, 3.63) is 35.4 Å². The zero-order valence-corrected chi connectivity index (χ0v) is 9.55. The lowest BCUT2D eigenvalue weighted by molar-refractivity contribution is -0.0566. The Kier molecular flexibility index (Phi) is 3.24. The monoisotopic (exact) mass is 225 g/mol. The number of rotatable bonds is 2. The smallest absolute Gasteiger partial charge is 0.250 e. The van der Waals surface area contributed by atoms with Crippen LogP contribution in [0.2, 0.25) is 0 Å². The summed E-state index contributed by atoms with van der Waals surface area (Å²) in [6.45, 7) is 3.84. The van der Waals surface area contributed by atoms with E-state index in [2.05, 4.69) is 17.0 Å². The summed E-state index contributed by atoms with van der Waals surface area (Å²) in [7, 11) is 0. The van der Waals surface area contributed by atoms with Crippen molar-refractivity contribution in [2.24, 2.45) is 0 Å². The van der Waals surface area contributed by atoms with E-state index in [1.54, 1.807) is 0 Å². The van der Waals surface area contributed by atoms with Crippen molar-refractivity contribution >= 4 is 0 Å². The summed E-state index contributed by atoms with van der Waals surface area (Å²) >= 11 is 0. The highest BCUT2D eigenvalue weighted by molar-refractivity contribution is 5.22. The molecule has 0 amide bonds. The van der Waals surface area contributed by atoms with Gasteiger partial charge in [-0.15, -0.1) is 0 Å². The molecule has 3 heteroatoms. The van der Waals surface area contributed by atoms with Crippen molar-refractivity contribution in [1.82, 2.24) is 4.90 Å². The first-order valence-corrected chi connectivity index (χ1v) is 5.71. The third-order valence-electron chi connectivity index (χ3n) is 3.08. The normalized spacial score (nSPS) is 20.9. The van der Waals surface area contributed by atoms with Crippen LogP contribution in [0.3, 0.4) is 0 Å².